The zero-order chi connectivity index (χ0) is 20.8. The highest BCUT2D eigenvalue weighted by atomic mass is 19.3. The topological polar surface area (TPSA) is 76.3 Å². The molecule has 1 saturated heterocycles. The maximum absolute atomic E-state index is 13.4. The van der Waals surface area contributed by atoms with Gasteiger partial charge in [0.2, 0.25) is 0 Å². The van der Waals surface area contributed by atoms with Crippen LogP contribution in [-0.4, -0.2) is 48.5 Å². The minimum Gasteiger partial charge on any atom is -0.338 e. The fraction of sp³-hybridized carbons (Fsp3) is 0.450. The molecule has 152 valence electrons. The third kappa shape index (κ3) is 3.45. The fourth-order valence-electron chi connectivity index (χ4n) is 4.08. The first-order chi connectivity index (χ1) is 13.8. The normalized spacial score (nSPS) is 19.9. The molecule has 7 nitrogen and oxygen atoms in total. The van der Waals surface area contributed by atoms with E-state index in [1.807, 2.05) is 26.8 Å². The van der Waals surface area contributed by atoms with Crippen LogP contribution in [0.1, 0.15) is 59.3 Å². The third-order valence-electron chi connectivity index (χ3n) is 5.55. The fourth-order valence-corrected chi connectivity index (χ4v) is 4.08. The number of carbonyl (C=O) groups excluding carboxylic acids is 1. The van der Waals surface area contributed by atoms with E-state index < -0.39 is 11.8 Å². The van der Waals surface area contributed by atoms with Gasteiger partial charge in [0.25, 0.3) is 18.1 Å². The van der Waals surface area contributed by atoms with E-state index in [1.54, 1.807) is 11.0 Å². The lowest BCUT2D eigenvalue weighted by Gasteiger charge is -2.40. The number of amides is 1. The van der Waals surface area contributed by atoms with Crippen molar-refractivity contribution < 1.29 is 13.6 Å². The molecule has 1 aliphatic heterocycles. The molecular formula is C20H22F2N6O. The van der Waals surface area contributed by atoms with Crippen LogP contribution in [0, 0.1) is 13.8 Å². The van der Waals surface area contributed by atoms with E-state index in [4.69, 9.17) is 0 Å². The average Bonchev–Trinajstić information content (AvgIpc) is 3.15. The predicted molar refractivity (Wildman–Crippen MR) is 102 cm³/mol. The summed E-state index contributed by atoms with van der Waals surface area (Å²) in [6.07, 6.45) is 0.0890. The van der Waals surface area contributed by atoms with Crippen LogP contribution in [0.3, 0.4) is 0 Å². The summed E-state index contributed by atoms with van der Waals surface area (Å²) in [6, 6.07) is 5.00. The van der Waals surface area contributed by atoms with Gasteiger partial charge in [0.1, 0.15) is 12.0 Å². The number of likely N-dealkylation sites (tertiary alicyclic amines) is 1. The van der Waals surface area contributed by atoms with Crippen LogP contribution in [0.2, 0.25) is 0 Å². The van der Waals surface area contributed by atoms with Gasteiger partial charge in [-0.25, -0.2) is 18.3 Å². The largest absolute Gasteiger partial charge is 0.338 e. The van der Waals surface area contributed by atoms with E-state index >= 15 is 0 Å². The van der Waals surface area contributed by atoms with Gasteiger partial charge in [-0.3, -0.25) is 9.78 Å². The number of alkyl halides is 2. The van der Waals surface area contributed by atoms with E-state index in [0.29, 0.717) is 30.0 Å². The van der Waals surface area contributed by atoms with Crippen molar-refractivity contribution in [2.24, 2.45) is 0 Å². The maximum Gasteiger partial charge on any atom is 0.280 e. The number of nitrogens with zero attached hydrogens (tertiary/aromatic N) is 6. The molecule has 0 radical (unpaired) electrons. The number of halogens is 2. The molecule has 3 aromatic rings. The number of pyridine rings is 1. The van der Waals surface area contributed by atoms with Gasteiger partial charge in [-0.15, -0.1) is 0 Å². The first-order valence-electron chi connectivity index (χ1n) is 9.51. The lowest BCUT2D eigenvalue weighted by Crippen LogP contribution is -2.48. The van der Waals surface area contributed by atoms with Crippen LogP contribution < -0.4 is 0 Å². The molecule has 0 N–H and O–H groups in total. The zero-order valence-corrected chi connectivity index (χ0v) is 16.6. The predicted octanol–water partition coefficient (Wildman–Crippen LogP) is 3.27. The molecule has 0 saturated carbocycles. The molecule has 0 unspecified atom stereocenters. The van der Waals surface area contributed by atoms with Crippen molar-refractivity contribution in [1.82, 2.24) is 29.5 Å². The Labute approximate surface area is 166 Å². The maximum atomic E-state index is 13.4. The van der Waals surface area contributed by atoms with Crippen LogP contribution in [0.5, 0.6) is 0 Å². The van der Waals surface area contributed by atoms with E-state index in [9.17, 15) is 13.6 Å². The van der Waals surface area contributed by atoms with Gasteiger partial charge in [0.05, 0.1) is 17.0 Å². The molecule has 0 aromatic carbocycles. The molecule has 0 spiro atoms. The number of piperidine rings is 1. The minimum atomic E-state index is -2.71. The van der Waals surface area contributed by atoms with Crippen LogP contribution in [0.15, 0.2) is 24.5 Å². The molecule has 9 heteroatoms. The van der Waals surface area contributed by atoms with Crippen molar-refractivity contribution in [2.75, 3.05) is 13.1 Å². The Bertz CT molecular complexity index is 1080. The van der Waals surface area contributed by atoms with Crippen molar-refractivity contribution in [1.29, 1.82) is 0 Å². The molecule has 29 heavy (non-hydrogen) atoms. The Morgan fingerprint density at radius 2 is 2.03 bits per heavy atom. The standard InChI is InChI=1S/C20H22F2N6O/c1-12-5-6-14(13(2)25-12)18(29)27-8-4-7-20(3,10-27)16-9-15(17(21)22)26-19-23-11-24-28(16)19/h5-6,9,11,17H,4,7-8,10H2,1-3H3/t20-/m0/s1. The number of fused-ring (bicyclic) bond motifs is 1. The van der Waals surface area contributed by atoms with Crippen LogP contribution in [0.25, 0.3) is 5.78 Å². The molecule has 1 atom stereocenters. The first kappa shape index (κ1) is 19.4. The highest BCUT2D eigenvalue weighted by molar-refractivity contribution is 5.95. The third-order valence-corrected chi connectivity index (χ3v) is 5.55. The summed E-state index contributed by atoms with van der Waals surface area (Å²) in [6.45, 7) is 6.67. The first-order valence-corrected chi connectivity index (χ1v) is 9.51. The number of rotatable bonds is 3. The van der Waals surface area contributed by atoms with Crippen LogP contribution in [-0.2, 0) is 5.41 Å². The van der Waals surface area contributed by atoms with E-state index in [1.165, 1.54) is 16.9 Å². The molecule has 4 heterocycles. The number of hydrogen-bond acceptors (Lipinski definition) is 5. The Morgan fingerprint density at radius 1 is 1.24 bits per heavy atom. The molecule has 4 rings (SSSR count). The summed E-state index contributed by atoms with van der Waals surface area (Å²) in [5, 5.41) is 4.18. The Hall–Kier alpha value is -2.97. The van der Waals surface area contributed by atoms with Crippen LogP contribution in [0.4, 0.5) is 8.78 Å². The highest BCUT2D eigenvalue weighted by Gasteiger charge is 2.38. The van der Waals surface area contributed by atoms with Gasteiger partial charge in [0.15, 0.2) is 0 Å². The summed E-state index contributed by atoms with van der Waals surface area (Å²) in [5.74, 6) is 0.0416. The SMILES string of the molecule is Cc1ccc(C(=O)N2CCC[C@](C)(c3cc(C(F)F)nc4ncnn34)C2)c(C)n1. The Kier molecular flexibility index (Phi) is 4.76. The summed E-state index contributed by atoms with van der Waals surface area (Å²) in [4.78, 5) is 27.2. The highest BCUT2D eigenvalue weighted by Crippen LogP contribution is 2.35. The Balaban J connectivity index is 1.71. The monoisotopic (exact) mass is 400 g/mol. The number of carbonyl (C=O) groups is 1. The molecule has 0 bridgehead atoms. The molecule has 1 amide bonds. The van der Waals surface area contributed by atoms with Crippen molar-refractivity contribution in [3.63, 3.8) is 0 Å². The van der Waals surface area contributed by atoms with E-state index in [-0.39, 0.29) is 17.4 Å². The second-order valence-corrected chi connectivity index (χ2v) is 7.82. The van der Waals surface area contributed by atoms with Crippen molar-refractivity contribution in [2.45, 2.75) is 45.5 Å². The number of hydrogen-bond donors (Lipinski definition) is 0. The van der Waals surface area contributed by atoms with Crippen molar-refractivity contribution in [3.05, 3.63) is 52.9 Å². The minimum absolute atomic E-state index is 0.0982. The van der Waals surface area contributed by atoms with E-state index in [0.717, 1.165) is 18.5 Å². The molecular weight excluding hydrogens is 378 g/mol. The lowest BCUT2D eigenvalue weighted by molar-refractivity contribution is 0.0643. The van der Waals surface area contributed by atoms with Gasteiger partial charge in [-0.1, -0.05) is 6.92 Å². The molecule has 3 aromatic heterocycles. The van der Waals surface area contributed by atoms with Gasteiger partial charge in [-0.05, 0) is 44.9 Å². The second-order valence-electron chi connectivity index (χ2n) is 7.82. The van der Waals surface area contributed by atoms with E-state index in [2.05, 4.69) is 20.1 Å². The lowest BCUT2D eigenvalue weighted by atomic mass is 9.78. The van der Waals surface area contributed by atoms with Gasteiger partial charge < -0.3 is 4.90 Å². The van der Waals surface area contributed by atoms with Gasteiger partial charge in [-0.2, -0.15) is 10.1 Å². The number of aryl methyl sites for hydroxylation is 2. The second kappa shape index (κ2) is 7.13. The van der Waals surface area contributed by atoms with Crippen molar-refractivity contribution >= 4 is 11.7 Å². The quantitative estimate of drug-likeness (QED) is 0.675. The molecule has 1 aliphatic rings. The summed E-state index contributed by atoms with van der Waals surface area (Å²) < 4.78 is 28.3. The molecule has 0 aliphatic carbocycles. The zero-order valence-electron chi connectivity index (χ0n) is 16.6. The van der Waals surface area contributed by atoms with Gasteiger partial charge in [0, 0.05) is 24.2 Å². The molecule has 1 fully saturated rings. The average molecular weight is 400 g/mol. The Morgan fingerprint density at radius 3 is 2.76 bits per heavy atom. The smallest absolute Gasteiger partial charge is 0.280 e. The van der Waals surface area contributed by atoms with Crippen molar-refractivity contribution in [3.8, 4) is 0 Å². The summed E-state index contributed by atoms with van der Waals surface area (Å²) in [7, 11) is 0. The number of aromatic nitrogens is 5. The van der Waals surface area contributed by atoms with Gasteiger partial charge >= 0.3 is 0 Å². The summed E-state index contributed by atoms with van der Waals surface area (Å²) in [5.41, 5.74) is 1.81. The van der Waals surface area contributed by atoms with Crippen LogP contribution >= 0.6 is 0 Å². The summed E-state index contributed by atoms with van der Waals surface area (Å²) >= 11 is 0.